The summed E-state index contributed by atoms with van der Waals surface area (Å²) in [6.07, 6.45) is 8.30. The Labute approximate surface area is 142 Å². The second-order valence-electron chi connectivity index (χ2n) is 6.54. The molecule has 1 atom stereocenters. The van der Waals surface area contributed by atoms with Crippen LogP contribution in [0.5, 0.6) is 0 Å². The zero-order valence-corrected chi connectivity index (χ0v) is 13.8. The van der Waals surface area contributed by atoms with Gasteiger partial charge in [0.25, 0.3) is 0 Å². The molecule has 1 saturated heterocycles. The predicted octanol–water partition coefficient (Wildman–Crippen LogP) is 3.03. The number of imidazole rings is 1. The molecule has 0 saturated carbocycles. The SMILES string of the molecule is c1ccc(Cn2ccnc2CN2CCCC(c3ccn[nH]3)C2)cc1. The van der Waals surface area contributed by atoms with Crippen molar-refractivity contribution in [3.05, 3.63) is 72.1 Å². The molecule has 0 amide bonds. The lowest BCUT2D eigenvalue weighted by atomic mass is 9.95. The van der Waals surface area contributed by atoms with E-state index in [2.05, 4.69) is 67.2 Å². The summed E-state index contributed by atoms with van der Waals surface area (Å²) >= 11 is 0. The summed E-state index contributed by atoms with van der Waals surface area (Å²) in [7, 11) is 0. The first kappa shape index (κ1) is 15.1. The van der Waals surface area contributed by atoms with E-state index in [9.17, 15) is 0 Å². The molecule has 0 spiro atoms. The Kier molecular flexibility index (Phi) is 4.42. The van der Waals surface area contributed by atoms with Gasteiger partial charge in [0, 0.05) is 43.3 Å². The summed E-state index contributed by atoms with van der Waals surface area (Å²) < 4.78 is 2.26. The van der Waals surface area contributed by atoms with E-state index < -0.39 is 0 Å². The standard InChI is InChI=1S/C19H23N5/c1-2-5-16(6-3-1)13-24-12-10-20-19(24)15-23-11-4-7-17(14-23)18-8-9-21-22-18/h1-3,5-6,8-10,12,17H,4,7,11,13-15H2,(H,21,22). The Morgan fingerprint density at radius 3 is 2.83 bits per heavy atom. The first-order valence-electron chi connectivity index (χ1n) is 8.64. The second kappa shape index (κ2) is 7.01. The van der Waals surface area contributed by atoms with Crippen LogP contribution in [0.15, 0.2) is 55.0 Å². The molecule has 5 heteroatoms. The van der Waals surface area contributed by atoms with Gasteiger partial charge in [0.2, 0.25) is 0 Å². The van der Waals surface area contributed by atoms with Crippen LogP contribution in [0.3, 0.4) is 0 Å². The maximum atomic E-state index is 4.60. The third-order valence-electron chi connectivity index (χ3n) is 4.83. The minimum absolute atomic E-state index is 0.554. The summed E-state index contributed by atoms with van der Waals surface area (Å²) in [6, 6.07) is 12.7. The van der Waals surface area contributed by atoms with Crippen molar-refractivity contribution in [1.29, 1.82) is 0 Å². The summed E-state index contributed by atoms with van der Waals surface area (Å²) in [5.41, 5.74) is 2.57. The van der Waals surface area contributed by atoms with Gasteiger partial charge in [0.05, 0.1) is 6.54 Å². The number of H-pyrrole nitrogens is 1. The molecule has 0 bridgehead atoms. The highest BCUT2D eigenvalue weighted by Gasteiger charge is 2.23. The van der Waals surface area contributed by atoms with Crippen LogP contribution in [0.1, 0.15) is 35.8 Å². The number of nitrogens with one attached hydrogen (secondary N) is 1. The third kappa shape index (κ3) is 3.41. The number of aromatic nitrogens is 4. The molecule has 1 aromatic carbocycles. The van der Waals surface area contributed by atoms with Crippen molar-refractivity contribution in [2.24, 2.45) is 0 Å². The molecule has 0 radical (unpaired) electrons. The molecular formula is C19H23N5. The van der Waals surface area contributed by atoms with Gasteiger partial charge in [0.1, 0.15) is 5.82 Å². The van der Waals surface area contributed by atoms with E-state index in [4.69, 9.17) is 0 Å². The zero-order valence-electron chi connectivity index (χ0n) is 13.8. The molecule has 124 valence electrons. The average molecular weight is 321 g/mol. The number of nitrogens with zero attached hydrogens (tertiary/aromatic N) is 4. The van der Waals surface area contributed by atoms with E-state index in [1.54, 1.807) is 0 Å². The van der Waals surface area contributed by atoms with Gasteiger partial charge in [-0.15, -0.1) is 0 Å². The van der Waals surface area contributed by atoms with Crippen LogP contribution in [0.4, 0.5) is 0 Å². The van der Waals surface area contributed by atoms with Gasteiger partial charge in [-0.3, -0.25) is 10.00 Å². The van der Waals surface area contributed by atoms with Crippen molar-refractivity contribution in [2.45, 2.75) is 31.8 Å². The van der Waals surface area contributed by atoms with Crippen molar-refractivity contribution in [3.63, 3.8) is 0 Å². The molecule has 1 aliphatic rings. The molecule has 1 aliphatic heterocycles. The number of hydrogen-bond acceptors (Lipinski definition) is 3. The van der Waals surface area contributed by atoms with E-state index >= 15 is 0 Å². The maximum Gasteiger partial charge on any atom is 0.123 e. The second-order valence-corrected chi connectivity index (χ2v) is 6.54. The third-order valence-corrected chi connectivity index (χ3v) is 4.83. The van der Waals surface area contributed by atoms with Crippen LogP contribution in [0, 0.1) is 0 Å². The van der Waals surface area contributed by atoms with Gasteiger partial charge in [-0.1, -0.05) is 30.3 Å². The first-order chi connectivity index (χ1) is 11.9. The fourth-order valence-corrected chi connectivity index (χ4v) is 3.56. The highest BCUT2D eigenvalue weighted by molar-refractivity contribution is 5.16. The van der Waals surface area contributed by atoms with Gasteiger partial charge in [-0.05, 0) is 31.0 Å². The van der Waals surface area contributed by atoms with E-state index in [0.717, 1.165) is 32.0 Å². The van der Waals surface area contributed by atoms with Gasteiger partial charge in [-0.2, -0.15) is 5.10 Å². The van der Waals surface area contributed by atoms with Crippen LogP contribution in [-0.4, -0.2) is 37.7 Å². The summed E-state index contributed by atoms with van der Waals surface area (Å²) in [4.78, 5) is 7.11. The van der Waals surface area contributed by atoms with Crippen LogP contribution < -0.4 is 0 Å². The van der Waals surface area contributed by atoms with E-state index in [1.165, 1.54) is 24.1 Å². The molecule has 3 heterocycles. The minimum Gasteiger partial charge on any atom is -0.329 e. The number of hydrogen-bond donors (Lipinski definition) is 1. The molecule has 1 fully saturated rings. The smallest absolute Gasteiger partial charge is 0.123 e. The topological polar surface area (TPSA) is 49.7 Å². The first-order valence-corrected chi connectivity index (χ1v) is 8.64. The lowest BCUT2D eigenvalue weighted by Gasteiger charge is -2.32. The van der Waals surface area contributed by atoms with Crippen molar-refractivity contribution < 1.29 is 0 Å². The zero-order chi connectivity index (χ0) is 16.2. The molecule has 4 rings (SSSR count). The Morgan fingerprint density at radius 1 is 1.08 bits per heavy atom. The van der Waals surface area contributed by atoms with Crippen LogP contribution in [0.25, 0.3) is 0 Å². The van der Waals surface area contributed by atoms with Crippen LogP contribution in [-0.2, 0) is 13.1 Å². The Hall–Kier alpha value is -2.40. The number of piperidine rings is 1. The fraction of sp³-hybridized carbons (Fsp3) is 0.368. The van der Waals surface area contributed by atoms with Gasteiger partial charge in [0.15, 0.2) is 0 Å². The lowest BCUT2D eigenvalue weighted by molar-refractivity contribution is 0.192. The van der Waals surface area contributed by atoms with E-state index in [0.29, 0.717) is 5.92 Å². The molecule has 3 aromatic rings. The van der Waals surface area contributed by atoms with E-state index in [1.807, 2.05) is 12.4 Å². The van der Waals surface area contributed by atoms with Crippen molar-refractivity contribution in [3.8, 4) is 0 Å². The van der Waals surface area contributed by atoms with Crippen LogP contribution in [0.2, 0.25) is 0 Å². The highest BCUT2D eigenvalue weighted by atomic mass is 15.2. The largest absolute Gasteiger partial charge is 0.329 e. The lowest BCUT2D eigenvalue weighted by Crippen LogP contribution is -2.34. The molecule has 2 aromatic heterocycles. The quantitative estimate of drug-likeness (QED) is 0.786. The van der Waals surface area contributed by atoms with Crippen molar-refractivity contribution in [2.75, 3.05) is 13.1 Å². The van der Waals surface area contributed by atoms with E-state index in [-0.39, 0.29) is 0 Å². The number of rotatable bonds is 5. The van der Waals surface area contributed by atoms with Crippen LogP contribution >= 0.6 is 0 Å². The molecule has 5 nitrogen and oxygen atoms in total. The van der Waals surface area contributed by atoms with Gasteiger partial charge < -0.3 is 4.57 Å². The average Bonchev–Trinajstić information content (AvgIpc) is 3.29. The normalized spacial score (nSPS) is 18.8. The molecule has 1 N–H and O–H groups in total. The Bertz CT molecular complexity index is 747. The highest BCUT2D eigenvalue weighted by Crippen LogP contribution is 2.26. The number of likely N-dealkylation sites (tertiary alicyclic amines) is 1. The van der Waals surface area contributed by atoms with Crippen molar-refractivity contribution in [1.82, 2.24) is 24.6 Å². The molecule has 24 heavy (non-hydrogen) atoms. The molecular weight excluding hydrogens is 298 g/mol. The summed E-state index contributed by atoms with van der Waals surface area (Å²) in [5, 5.41) is 7.23. The van der Waals surface area contributed by atoms with Gasteiger partial charge in [-0.25, -0.2) is 4.98 Å². The number of benzene rings is 1. The molecule has 0 aliphatic carbocycles. The summed E-state index contributed by atoms with van der Waals surface area (Å²) in [5.74, 6) is 1.70. The predicted molar refractivity (Wildman–Crippen MR) is 93.6 cm³/mol. The summed E-state index contributed by atoms with van der Waals surface area (Å²) in [6.45, 7) is 4.00. The fourth-order valence-electron chi connectivity index (χ4n) is 3.56. The Balaban J connectivity index is 1.43. The minimum atomic E-state index is 0.554. The van der Waals surface area contributed by atoms with Crippen molar-refractivity contribution >= 4 is 0 Å². The maximum absolute atomic E-state index is 4.60. The number of aromatic amines is 1. The monoisotopic (exact) mass is 321 g/mol. The Morgan fingerprint density at radius 2 is 2.00 bits per heavy atom. The van der Waals surface area contributed by atoms with Gasteiger partial charge >= 0.3 is 0 Å². The molecule has 1 unspecified atom stereocenters.